The Balaban J connectivity index is 2.04. The van der Waals surface area contributed by atoms with E-state index in [9.17, 15) is 0 Å². The Kier molecular flexibility index (Phi) is 3.82. The van der Waals surface area contributed by atoms with Crippen molar-refractivity contribution in [3.63, 3.8) is 0 Å². The van der Waals surface area contributed by atoms with Gasteiger partial charge in [-0.3, -0.25) is 4.99 Å². The van der Waals surface area contributed by atoms with Gasteiger partial charge >= 0.3 is 0 Å². The van der Waals surface area contributed by atoms with E-state index in [0.29, 0.717) is 0 Å². The third-order valence-electron chi connectivity index (χ3n) is 3.90. The minimum atomic E-state index is 0.0329. The van der Waals surface area contributed by atoms with E-state index in [1.54, 1.807) is 0 Å². The molecule has 2 heteroatoms. The minimum Gasteiger partial charge on any atom is -0.398 e. The summed E-state index contributed by atoms with van der Waals surface area (Å²) < 4.78 is 0. The highest BCUT2D eigenvalue weighted by Gasteiger charge is 2.17. The Bertz CT molecular complexity index is 594. The van der Waals surface area contributed by atoms with Crippen molar-refractivity contribution >= 4 is 11.4 Å². The van der Waals surface area contributed by atoms with Crippen LogP contribution in [-0.4, -0.2) is 5.71 Å². The molecular weight excluding hydrogens is 244 g/mol. The Morgan fingerprint density at radius 2 is 1.50 bits per heavy atom. The van der Waals surface area contributed by atoms with Crippen molar-refractivity contribution < 1.29 is 0 Å². The second-order valence-corrected chi connectivity index (χ2v) is 5.34. The number of nitrogens with two attached hydrogens (primary N) is 1. The lowest BCUT2D eigenvalue weighted by atomic mass is 9.97. The molecule has 102 valence electrons. The van der Waals surface area contributed by atoms with Gasteiger partial charge in [-0.05, 0) is 37.3 Å². The van der Waals surface area contributed by atoms with Gasteiger partial charge in [0.25, 0.3) is 0 Å². The number of anilines is 1. The molecule has 0 radical (unpaired) electrons. The molecule has 20 heavy (non-hydrogen) atoms. The van der Waals surface area contributed by atoms with Crippen LogP contribution in [0.3, 0.4) is 0 Å². The second kappa shape index (κ2) is 5.91. The van der Waals surface area contributed by atoms with E-state index in [1.165, 1.54) is 24.1 Å². The molecule has 0 aliphatic heterocycles. The summed E-state index contributed by atoms with van der Waals surface area (Å²) in [7, 11) is 0. The number of para-hydroxylation sites is 1. The van der Waals surface area contributed by atoms with Gasteiger partial charge in [0.2, 0.25) is 0 Å². The van der Waals surface area contributed by atoms with Gasteiger partial charge in [-0.2, -0.15) is 0 Å². The SMILES string of the molecule is Nc1ccccc1C(N=C1CCCC1)c1ccccc1. The summed E-state index contributed by atoms with van der Waals surface area (Å²) in [6.45, 7) is 0. The maximum Gasteiger partial charge on any atom is 0.102 e. The summed E-state index contributed by atoms with van der Waals surface area (Å²) in [5.74, 6) is 0. The quantitative estimate of drug-likeness (QED) is 0.821. The van der Waals surface area contributed by atoms with Gasteiger partial charge in [-0.1, -0.05) is 48.5 Å². The molecule has 0 amide bonds. The van der Waals surface area contributed by atoms with Gasteiger partial charge in [-0.15, -0.1) is 0 Å². The standard InChI is InChI=1S/C18H20N2/c19-17-13-7-6-12-16(17)18(14-8-2-1-3-9-14)20-15-10-4-5-11-15/h1-3,6-9,12-13,18H,4-5,10-11,19H2. The van der Waals surface area contributed by atoms with Crippen LogP contribution in [0.15, 0.2) is 59.6 Å². The zero-order valence-electron chi connectivity index (χ0n) is 11.6. The topological polar surface area (TPSA) is 38.4 Å². The number of nitrogens with zero attached hydrogens (tertiary/aromatic N) is 1. The van der Waals surface area contributed by atoms with Crippen LogP contribution in [0.1, 0.15) is 42.9 Å². The summed E-state index contributed by atoms with van der Waals surface area (Å²) in [5.41, 5.74) is 10.6. The number of hydrogen-bond donors (Lipinski definition) is 1. The van der Waals surface area contributed by atoms with E-state index < -0.39 is 0 Å². The number of benzene rings is 2. The van der Waals surface area contributed by atoms with Crippen LogP contribution in [0.2, 0.25) is 0 Å². The van der Waals surface area contributed by atoms with Crippen LogP contribution < -0.4 is 5.73 Å². The zero-order valence-corrected chi connectivity index (χ0v) is 11.6. The highest BCUT2D eigenvalue weighted by atomic mass is 14.8. The molecule has 3 rings (SSSR count). The van der Waals surface area contributed by atoms with E-state index in [1.807, 2.05) is 24.3 Å². The van der Waals surface area contributed by atoms with Gasteiger partial charge < -0.3 is 5.73 Å². The van der Waals surface area contributed by atoms with Crippen LogP contribution in [0.5, 0.6) is 0 Å². The van der Waals surface area contributed by atoms with Gasteiger partial charge in [0.05, 0.1) is 0 Å². The van der Waals surface area contributed by atoms with Crippen molar-refractivity contribution in [1.29, 1.82) is 0 Å². The fraction of sp³-hybridized carbons (Fsp3) is 0.278. The molecule has 0 heterocycles. The Morgan fingerprint density at radius 1 is 0.850 bits per heavy atom. The average Bonchev–Trinajstić information content (AvgIpc) is 3.00. The van der Waals surface area contributed by atoms with Gasteiger partial charge in [0.1, 0.15) is 6.04 Å². The molecule has 0 aromatic heterocycles. The highest BCUT2D eigenvalue weighted by Crippen LogP contribution is 2.31. The van der Waals surface area contributed by atoms with Crippen LogP contribution in [-0.2, 0) is 0 Å². The third kappa shape index (κ3) is 2.74. The molecule has 2 aromatic carbocycles. The molecule has 2 N–H and O–H groups in total. The molecule has 2 nitrogen and oxygen atoms in total. The molecule has 1 unspecified atom stereocenters. The molecule has 0 spiro atoms. The molecule has 1 atom stereocenters. The summed E-state index contributed by atoms with van der Waals surface area (Å²) in [5, 5.41) is 0. The van der Waals surface area contributed by atoms with Crippen molar-refractivity contribution in [3.8, 4) is 0 Å². The third-order valence-corrected chi connectivity index (χ3v) is 3.90. The van der Waals surface area contributed by atoms with Crippen molar-refractivity contribution in [2.75, 3.05) is 5.73 Å². The molecule has 1 aliphatic rings. The van der Waals surface area contributed by atoms with Crippen LogP contribution in [0.25, 0.3) is 0 Å². The lowest BCUT2D eigenvalue weighted by Crippen LogP contribution is -2.05. The Morgan fingerprint density at radius 3 is 2.20 bits per heavy atom. The Labute approximate surface area is 120 Å². The predicted molar refractivity (Wildman–Crippen MR) is 85.0 cm³/mol. The lowest BCUT2D eigenvalue weighted by molar-refractivity contribution is 0.867. The first-order valence-electron chi connectivity index (χ1n) is 7.29. The van der Waals surface area contributed by atoms with Crippen LogP contribution in [0, 0.1) is 0 Å². The molecule has 1 aliphatic carbocycles. The molecule has 0 bridgehead atoms. The number of nitrogen functional groups attached to an aromatic ring is 1. The number of aliphatic imine (C=N–C) groups is 1. The first kappa shape index (κ1) is 12.9. The summed E-state index contributed by atoms with van der Waals surface area (Å²) in [6.07, 6.45) is 4.81. The summed E-state index contributed by atoms with van der Waals surface area (Å²) >= 11 is 0. The van der Waals surface area contributed by atoms with Gasteiger partial charge in [-0.25, -0.2) is 0 Å². The average molecular weight is 264 g/mol. The van der Waals surface area contributed by atoms with E-state index >= 15 is 0 Å². The first-order chi connectivity index (χ1) is 9.84. The van der Waals surface area contributed by atoms with E-state index in [-0.39, 0.29) is 6.04 Å². The first-order valence-corrected chi connectivity index (χ1v) is 7.29. The monoisotopic (exact) mass is 264 g/mol. The Hall–Kier alpha value is -2.09. The molecular formula is C18H20N2. The normalized spacial score (nSPS) is 16.1. The van der Waals surface area contributed by atoms with Crippen LogP contribution in [0.4, 0.5) is 5.69 Å². The van der Waals surface area contributed by atoms with Crippen molar-refractivity contribution in [1.82, 2.24) is 0 Å². The van der Waals surface area contributed by atoms with Crippen molar-refractivity contribution in [3.05, 3.63) is 65.7 Å². The van der Waals surface area contributed by atoms with E-state index in [0.717, 1.165) is 24.1 Å². The summed E-state index contributed by atoms with van der Waals surface area (Å²) in [6, 6.07) is 18.5. The van der Waals surface area contributed by atoms with Crippen molar-refractivity contribution in [2.45, 2.75) is 31.7 Å². The predicted octanol–water partition coefficient (Wildman–Crippen LogP) is 4.37. The van der Waals surface area contributed by atoms with Gasteiger partial charge in [0, 0.05) is 17.0 Å². The number of hydrogen-bond acceptors (Lipinski definition) is 2. The van der Waals surface area contributed by atoms with Crippen molar-refractivity contribution in [2.24, 2.45) is 4.99 Å². The smallest absolute Gasteiger partial charge is 0.102 e. The molecule has 1 saturated carbocycles. The fourth-order valence-electron chi connectivity index (χ4n) is 2.81. The summed E-state index contributed by atoms with van der Waals surface area (Å²) in [4.78, 5) is 5.01. The largest absolute Gasteiger partial charge is 0.398 e. The van der Waals surface area contributed by atoms with Gasteiger partial charge in [0.15, 0.2) is 0 Å². The lowest BCUT2D eigenvalue weighted by Gasteiger charge is -2.17. The minimum absolute atomic E-state index is 0.0329. The maximum absolute atomic E-state index is 6.16. The highest BCUT2D eigenvalue weighted by molar-refractivity contribution is 5.86. The fourth-order valence-corrected chi connectivity index (χ4v) is 2.81. The zero-order chi connectivity index (χ0) is 13.8. The molecule has 0 saturated heterocycles. The number of rotatable bonds is 3. The van der Waals surface area contributed by atoms with E-state index in [2.05, 4.69) is 30.3 Å². The van der Waals surface area contributed by atoms with E-state index in [4.69, 9.17) is 10.7 Å². The maximum atomic E-state index is 6.16. The van der Waals surface area contributed by atoms with Crippen LogP contribution >= 0.6 is 0 Å². The molecule has 1 fully saturated rings. The molecule has 2 aromatic rings. The second-order valence-electron chi connectivity index (χ2n) is 5.34.